The minimum absolute atomic E-state index is 0.288. The van der Waals surface area contributed by atoms with Crippen LogP contribution >= 0.6 is 9.24 Å². The molecule has 0 amide bonds. The summed E-state index contributed by atoms with van der Waals surface area (Å²) >= 11 is 0. The number of hydrogen-bond donors (Lipinski definition) is 1. The van der Waals surface area contributed by atoms with Crippen LogP contribution in [0.2, 0.25) is 0 Å². The zero-order valence-corrected chi connectivity index (χ0v) is 28.6. The second kappa shape index (κ2) is 30.7. The smallest absolute Gasteiger partial charge is 0.193 e. The molecule has 1 unspecified atom stereocenters. The molecule has 0 aromatic heterocycles. The molecule has 0 saturated carbocycles. The van der Waals surface area contributed by atoms with Crippen molar-refractivity contribution in [1.29, 1.82) is 0 Å². The van der Waals surface area contributed by atoms with Crippen LogP contribution in [0.5, 0.6) is 0 Å². The summed E-state index contributed by atoms with van der Waals surface area (Å²) in [7, 11) is 2.14. The topological polar surface area (TPSA) is 54.4 Å². The lowest BCUT2D eigenvalue weighted by atomic mass is 9.99. The van der Waals surface area contributed by atoms with E-state index in [1.54, 1.807) is 0 Å². The lowest BCUT2D eigenvalue weighted by molar-refractivity contribution is -0.141. The van der Waals surface area contributed by atoms with Crippen molar-refractivity contribution in [3.05, 3.63) is 24.3 Å². The zero-order valence-electron chi connectivity index (χ0n) is 27.4. The van der Waals surface area contributed by atoms with Gasteiger partial charge < -0.3 is 5.11 Å². The summed E-state index contributed by atoms with van der Waals surface area (Å²) in [6, 6.07) is 0. The number of aliphatic hydroxyl groups is 1. The lowest BCUT2D eigenvalue weighted by Gasteiger charge is -2.20. The van der Waals surface area contributed by atoms with Crippen LogP contribution in [0.25, 0.3) is 0 Å². The molecule has 0 bridgehead atoms. The van der Waals surface area contributed by atoms with E-state index >= 15 is 0 Å². The molecular weight excluding hydrogens is 523 g/mol. The molecule has 0 heterocycles. The number of allylic oxidation sites excluding steroid dienone is 4. The first kappa shape index (κ1) is 40.2. The van der Waals surface area contributed by atoms with Crippen LogP contribution in [0.3, 0.4) is 0 Å². The Morgan fingerprint density at radius 1 is 0.463 bits per heavy atom. The maximum absolute atomic E-state index is 12.5. The standard InChI is InChI=1S/C37H69O3P/c1-3-5-7-9-11-13-15-17-19-21-23-25-27-29-31-33-35(38)37(40,41)36(39)34-32-30-28-26-24-22-20-18-16-14-12-10-8-6-4-2/h17-20,40H,3-16,21-34,41H2,1-2H3/b19-17-,20-18-. The third-order valence-corrected chi connectivity index (χ3v) is 8.83. The Hall–Kier alpha value is -0.790. The molecule has 0 radical (unpaired) electrons. The Kier molecular flexibility index (Phi) is 30.1. The van der Waals surface area contributed by atoms with Crippen LogP contribution in [0.1, 0.15) is 194 Å². The van der Waals surface area contributed by atoms with E-state index in [-0.39, 0.29) is 24.4 Å². The van der Waals surface area contributed by atoms with Gasteiger partial charge in [0.25, 0.3) is 0 Å². The van der Waals surface area contributed by atoms with Gasteiger partial charge in [-0.05, 0) is 64.2 Å². The van der Waals surface area contributed by atoms with E-state index in [1.165, 1.54) is 116 Å². The van der Waals surface area contributed by atoms with Crippen LogP contribution in [0.4, 0.5) is 0 Å². The van der Waals surface area contributed by atoms with E-state index < -0.39 is 5.34 Å². The first-order chi connectivity index (χ1) is 20.0. The van der Waals surface area contributed by atoms with E-state index in [0.29, 0.717) is 0 Å². The average molecular weight is 593 g/mol. The molecule has 4 heteroatoms. The molecule has 0 rings (SSSR count). The number of Topliss-reactive ketones (excluding diaryl/α,β-unsaturated/α-hetero) is 2. The fourth-order valence-corrected chi connectivity index (χ4v) is 5.54. The lowest BCUT2D eigenvalue weighted by Crippen LogP contribution is -2.40. The molecule has 0 saturated heterocycles. The number of rotatable bonds is 32. The summed E-state index contributed by atoms with van der Waals surface area (Å²) in [5.74, 6) is -0.671. The van der Waals surface area contributed by atoms with Gasteiger partial charge in [0.05, 0.1) is 0 Å². The largest absolute Gasteiger partial charge is 0.372 e. The summed E-state index contributed by atoms with van der Waals surface area (Å²) in [5.41, 5.74) is 0. The molecule has 0 aromatic rings. The van der Waals surface area contributed by atoms with Gasteiger partial charge in [0.1, 0.15) is 0 Å². The highest BCUT2D eigenvalue weighted by atomic mass is 31.0. The van der Waals surface area contributed by atoms with Crippen molar-refractivity contribution in [2.45, 2.75) is 199 Å². The minimum Gasteiger partial charge on any atom is -0.372 e. The van der Waals surface area contributed by atoms with Gasteiger partial charge in [0, 0.05) is 12.8 Å². The van der Waals surface area contributed by atoms with Gasteiger partial charge in [-0.1, -0.05) is 150 Å². The van der Waals surface area contributed by atoms with E-state index in [9.17, 15) is 14.7 Å². The SMILES string of the molecule is CCCCCCCC/C=C\CCCCCCCC(=O)C(O)(P)C(=O)CCCCCCC/C=C\CCCCCCCC. The van der Waals surface area contributed by atoms with Crippen molar-refractivity contribution in [3.63, 3.8) is 0 Å². The normalized spacial score (nSPS) is 12.2. The summed E-state index contributed by atoms with van der Waals surface area (Å²) < 4.78 is 0. The number of carbonyl (C=O) groups excluding carboxylic acids is 2. The fourth-order valence-electron chi connectivity index (χ4n) is 5.25. The first-order valence-corrected chi connectivity index (χ1v) is 18.4. The molecule has 1 atom stereocenters. The summed E-state index contributed by atoms with van der Waals surface area (Å²) in [6.07, 6.45) is 41.3. The molecule has 1 N–H and O–H groups in total. The molecule has 0 fully saturated rings. The molecule has 3 nitrogen and oxygen atoms in total. The summed E-state index contributed by atoms with van der Waals surface area (Å²) in [6.45, 7) is 4.52. The summed E-state index contributed by atoms with van der Waals surface area (Å²) in [5, 5.41) is 8.64. The highest BCUT2D eigenvalue weighted by Crippen LogP contribution is 2.24. The highest BCUT2D eigenvalue weighted by Gasteiger charge is 2.36. The van der Waals surface area contributed by atoms with Gasteiger partial charge in [0.15, 0.2) is 16.9 Å². The Morgan fingerprint density at radius 2 is 0.707 bits per heavy atom. The van der Waals surface area contributed by atoms with Crippen molar-refractivity contribution in [1.82, 2.24) is 0 Å². The van der Waals surface area contributed by atoms with E-state index in [2.05, 4.69) is 47.4 Å². The molecular formula is C37H69O3P. The number of carbonyl (C=O) groups is 2. The number of ketones is 2. The van der Waals surface area contributed by atoms with Crippen molar-refractivity contribution in [2.24, 2.45) is 0 Å². The molecule has 41 heavy (non-hydrogen) atoms. The Labute approximate surface area is 258 Å². The summed E-state index contributed by atoms with van der Waals surface area (Å²) in [4.78, 5) is 25.0. The van der Waals surface area contributed by atoms with Crippen LogP contribution < -0.4 is 0 Å². The molecule has 0 aliphatic rings. The van der Waals surface area contributed by atoms with E-state index in [4.69, 9.17) is 0 Å². The van der Waals surface area contributed by atoms with Gasteiger partial charge in [-0.2, -0.15) is 0 Å². The van der Waals surface area contributed by atoms with E-state index in [1.807, 2.05) is 0 Å². The molecule has 0 aromatic carbocycles. The van der Waals surface area contributed by atoms with Crippen molar-refractivity contribution >= 4 is 20.8 Å². The third kappa shape index (κ3) is 26.6. The number of unbranched alkanes of at least 4 members (excludes halogenated alkanes) is 22. The van der Waals surface area contributed by atoms with Gasteiger partial charge in [0.2, 0.25) is 0 Å². The van der Waals surface area contributed by atoms with Crippen LogP contribution in [0, 0.1) is 0 Å². The van der Waals surface area contributed by atoms with Crippen molar-refractivity contribution < 1.29 is 14.7 Å². The second-order valence-corrected chi connectivity index (χ2v) is 13.1. The van der Waals surface area contributed by atoms with Crippen LogP contribution in [-0.2, 0) is 9.59 Å². The van der Waals surface area contributed by atoms with E-state index in [0.717, 1.165) is 51.4 Å². The molecule has 0 spiro atoms. The van der Waals surface area contributed by atoms with Crippen molar-refractivity contribution in [3.8, 4) is 0 Å². The zero-order chi connectivity index (χ0) is 30.3. The van der Waals surface area contributed by atoms with Gasteiger partial charge >= 0.3 is 0 Å². The molecule has 0 aliphatic heterocycles. The maximum Gasteiger partial charge on any atom is 0.193 e. The van der Waals surface area contributed by atoms with Crippen molar-refractivity contribution in [2.75, 3.05) is 0 Å². The first-order valence-electron chi connectivity index (χ1n) is 17.8. The van der Waals surface area contributed by atoms with Crippen LogP contribution in [-0.4, -0.2) is 22.0 Å². The number of hydrogen-bond acceptors (Lipinski definition) is 3. The third-order valence-electron chi connectivity index (χ3n) is 8.18. The predicted molar refractivity (Wildman–Crippen MR) is 184 cm³/mol. The second-order valence-electron chi connectivity index (χ2n) is 12.3. The van der Waals surface area contributed by atoms with Gasteiger partial charge in [-0.3, -0.25) is 9.59 Å². The fraction of sp³-hybridized carbons (Fsp3) is 0.838. The van der Waals surface area contributed by atoms with Crippen LogP contribution in [0.15, 0.2) is 24.3 Å². The average Bonchev–Trinajstić information content (AvgIpc) is 2.96. The Balaban J connectivity index is 3.65. The van der Waals surface area contributed by atoms with Gasteiger partial charge in [-0.15, -0.1) is 0 Å². The van der Waals surface area contributed by atoms with Gasteiger partial charge in [-0.25, -0.2) is 0 Å². The maximum atomic E-state index is 12.5. The molecule has 240 valence electrons. The highest BCUT2D eigenvalue weighted by molar-refractivity contribution is 7.22. The monoisotopic (exact) mass is 592 g/mol. The minimum atomic E-state index is -1.89. The Bertz CT molecular complexity index is 599. The predicted octanol–water partition coefficient (Wildman–Crippen LogP) is 11.8. The Morgan fingerprint density at radius 3 is 1.00 bits per heavy atom. The molecule has 0 aliphatic carbocycles. The quantitative estimate of drug-likeness (QED) is 0.0366.